The summed E-state index contributed by atoms with van der Waals surface area (Å²) in [6, 6.07) is 0. The molecular formula is C14H21NO3. The molecule has 1 rings (SSSR count). The van der Waals surface area contributed by atoms with Crippen LogP contribution in [0.5, 0.6) is 0 Å². The van der Waals surface area contributed by atoms with E-state index < -0.39 is 0 Å². The fourth-order valence-corrected chi connectivity index (χ4v) is 1.92. The minimum absolute atomic E-state index is 0.0727. The molecule has 1 heterocycles. The second-order valence-corrected chi connectivity index (χ2v) is 4.55. The number of carbonyl (C=O) groups is 2. The summed E-state index contributed by atoms with van der Waals surface area (Å²) >= 11 is 0. The maximum atomic E-state index is 11.8. The molecule has 1 amide bonds. The highest BCUT2D eigenvalue weighted by Gasteiger charge is 2.28. The molecule has 0 radical (unpaired) electrons. The van der Waals surface area contributed by atoms with Crippen LogP contribution in [0.4, 0.5) is 0 Å². The summed E-state index contributed by atoms with van der Waals surface area (Å²) in [5, 5.41) is 2.86. The molecule has 1 saturated heterocycles. The summed E-state index contributed by atoms with van der Waals surface area (Å²) in [4.78, 5) is 23.0. The first-order valence-electron chi connectivity index (χ1n) is 6.40. The van der Waals surface area contributed by atoms with Crippen molar-refractivity contribution in [2.24, 2.45) is 5.92 Å². The standard InChI is InChI=1S/C14H21NO3/c1-3-4-5-6-7-8-15-14(17)12-9-11(2)18-13(16)10-12/h3,12H,1-2,4-10H2,(H,15,17). The van der Waals surface area contributed by atoms with Gasteiger partial charge in [0.2, 0.25) is 5.91 Å². The van der Waals surface area contributed by atoms with E-state index in [9.17, 15) is 9.59 Å². The van der Waals surface area contributed by atoms with Gasteiger partial charge >= 0.3 is 5.97 Å². The van der Waals surface area contributed by atoms with E-state index in [1.165, 1.54) is 0 Å². The number of allylic oxidation sites excluding steroid dienone is 2. The maximum absolute atomic E-state index is 11.8. The SMILES string of the molecule is C=CCCCCCNC(=O)C1CC(=C)OC(=O)C1. The molecule has 1 aliphatic rings. The largest absolute Gasteiger partial charge is 0.432 e. The Hall–Kier alpha value is -1.58. The van der Waals surface area contributed by atoms with Gasteiger partial charge in [-0.2, -0.15) is 0 Å². The van der Waals surface area contributed by atoms with Crippen molar-refractivity contribution in [2.45, 2.75) is 38.5 Å². The normalized spacial score (nSPS) is 19.2. The first kappa shape index (κ1) is 14.5. The van der Waals surface area contributed by atoms with Gasteiger partial charge in [0.05, 0.1) is 12.3 Å². The Morgan fingerprint density at radius 3 is 2.83 bits per heavy atom. The van der Waals surface area contributed by atoms with Gasteiger partial charge in [0.1, 0.15) is 5.76 Å². The average Bonchev–Trinajstić information content (AvgIpc) is 2.32. The molecule has 0 bridgehead atoms. The third kappa shape index (κ3) is 5.17. The van der Waals surface area contributed by atoms with Crippen molar-refractivity contribution in [3.8, 4) is 0 Å². The lowest BCUT2D eigenvalue weighted by atomic mass is 9.97. The zero-order valence-electron chi connectivity index (χ0n) is 10.7. The number of hydrogen-bond donors (Lipinski definition) is 1. The van der Waals surface area contributed by atoms with Crippen LogP contribution in [0.15, 0.2) is 25.0 Å². The Labute approximate surface area is 108 Å². The van der Waals surface area contributed by atoms with Crippen LogP contribution < -0.4 is 5.32 Å². The number of cyclic esters (lactones) is 1. The lowest BCUT2D eigenvalue weighted by molar-refractivity contribution is -0.147. The first-order valence-corrected chi connectivity index (χ1v) is 6.40. The zero-order valence-corrected chi connectivity index (χ0v) is 10.7. The molecule has 1 fully saturated rings. The van der Waals surface area contributed by atoms with E-state index in [1.807, 2.05) is 6.08 Å². The summed E-state index contributed by atoms with van der Waals surface area (Å²) in [5.74, 6) is -0.363. The summed E-state index contributed by atoms with van der Waals surface area (Å²) in [6.07, 6.45) is 6.64. The van der Waals surface area contributed by atoms with Crippen LogP contribution in [-0.4, -0.2) is 18.4 Å². The van der Waals surface area contributed by atoms with Crippen LogP contribution in [-0.2, 0) is 14.3 Å². The topological polar surface area (TPSA) is 55.4 Å². The fourth-order valence-electron chi connectivity index (χ4n) is 1.92. The third-order valence-corrected chi connectivity index (χ3v) is 2.90. The lowest BCUT2D eigenvalue weighted by Gasteiger charge is -2.21. The molecule has 4 heteroatoms. The van der Waals surface area contributed by atoms with Gasteiger partial charge in [-0.05, 0) is 19.3 Å². The van der Waals surface area contributed by atoms with Gasteiger partial charge in [0.15, 0.2) is 0 Å². The van der Waals surface area contributed by atoms with Crippen LogP contribution in [0.25, 0.3) is 0 Å². The number of rotatable bonds is 7. The van der Waals surface area contributed by atoms with Crippen molar-refractivity contribution in [1.29, 1.82) is 0 Å². The van der Waals surface area contributed by atoms with E-state index in [4.69, 9.17) is 4.74 Å². The van der Waals surface area contributed by atoms with Crippen molar-refractivity contribution in [2.75, 3.05) is 6.54 Å². The highest BCUT2D eigenvalue weighted by molar-refractivity contribution is 5.85. The smallest absolute Gasteiger partial charge is 0.311 e. The molecule has 0 aromatic carbocycles. The molecule has 18 heavy (non-hydrogen) atoms. The van der Waals surface area contributed by atoms with Gasteiger partial charge in [0, 0.05) is 13.0 Å². The molecule has 1 N–H and O–H groups in total. The fraction of sp³-hybridized carbons (Fsp3) is 0.571. The second kappa shape index (κ2) is 7.69. The second-order valence-electron chi connectivity index (χ2n) is 4.55. The Morgan fingerprint density at radius 1 is 1.39 bits per heavy atom. The minimum atomic E-state index is -0.364. The number of unbranched alkanes of at least 4 members (excludes halogenated alkanes) is 3. The Morgan fingerprint density at radius 2 is 2.17 bits per heavy atom. The number of nitrogens with one attached hydrogen (secondary N) is 1. The van der Waals surface area contributed by atoms with Crippen molar-refractivity contribution < 1.29 is 14.3 Å². The Kier molecular flexibility index (Phi) is 6.19. The predicted octanol–water partition coefficient (Wildman–Crippen LogP) is 2.32. The molecule has 0 aliphatic carbocycles. The summed E-state index contributed by atoms with van der Waals surface area (Å²) in [7, 11) is 0. The molecule has 1 aliphatic heterocycles. The molecule has 100 valence electrons. The van der Waals surface area contributed by atoms with Gasteiger partial charge < -0.3 is 10.1 Å². The summed E-state index contributed by atoms with van der Waals surface area (Å²) in [6.45, 7) is 7.92. The van der Waals surface area contributed by atoms with E-state index in [2.05, 4.69) is 18.5 Å². The number of hydrogen-bond acceptors (Lipinski definition) is 3. The highest BCUT2D eigenvalue weighted by Crippen LogP contribution is 2.22. The predicted molar refractivity (Wildman–Crippen MR) is 69.6 cm³/mol. The molecule has 0 saturated carbocycles. The van der Waals surface area contributed by atoms with Gasteiger partial charge in [-0.3, -0.25) is 9.59 Å². The highest BCUT2D eigenvalue weighted by atomic mass is 16.5. The van der Waals surface area contributed by atoms with Crippen LogP contribution >= 0.6 is 0 Å². The van der Waals surface area contributed by atoms with E-state index in [1.54, 1.807) is 0 Å². The van der Waals surface area contributed by atoms with Crippen LogP contribution in [0.2, 0.25) is 0 Å². The maximum Gasteiger partial charge on any atom is 0.311 e. The average molecular weight is 251 g/mol. The van der Waals surface area contributed by atoms with E-state index in [0.717, 1.165) is 25.7 Å². The molecule has 1 unspecified atom stereocenters. The van der Waals surface area contributed by atoms with Gasteiger partial charge in [-0.15, -0.1) is 6.58 Å². The Bertz CT molecular complexity index is 320. The quantitative estimate of drug-likeness (QED) is 0.429. The van der Waals surface area contributed by atoms with E-state index in [0.29, 0.717) is 18.7 Å². The van der Waals surface area contributed by atoms with Crippen molar-refractivity contribution >= 4 is 11.9 Å². The van der Waals surface area contributed by atoms with Crippen LogP contribution in [0.3, 0.4) is 0 Å². The molecule has 0 spiro atoms. The van der Waals surface area contributed by atoms with Crippen LogP contribution in [0, 0.1) is 5.92 Å². The first-order chi connectivity index (χ1) is 8.63. The lowest BCUT2D eigenvalue weighted by Crippen LogP contribution is -2.35. The van der Waals surface area contributed by atoms with Gasteiger partial charge in [-0.25, -0.2) is 0 Å². The molecular weight excluding hydrogens is 230 g/mol. The summed E-state index contributed by atoms with van der Waals surface area (Å²) < 4.78 is 4.81. The number of esters is 1. The summed E-state index contributed by atoms with van der Waals surface area (Å²) in [5.41, 5.74) is 0. The molecule has 0 aromatic heterocycles. The molecule has 4 nitrogen and oxygen atoms in total. The van der Waals surface area contributed by atoms with Crippen LogP contribution in [0.1, 0.15) is 38.5 Å². The van der Waals surface area contributed by atoms with Gasteiger partial charge in [-0.1, -0.05) is 19.1 Å². The van der Waals surface area contributed by atoms with Crippen molar-refractivity contribution in [3.63, 3.8) is 0 Å². The number of carbonyl (C=O) groups excluding carboxylic acids is 2. The van der Waals surface area contributed by atoms with E-state index in [-0.39, 0.29) is 24.2 Å². The van der Waals surface area contributed by atoms with Crippen molar-refractivity contribution in [3.05, 3.63) is 25.0 Å². The Balaban J connectivity index is 2.18. The third-order valence-electron chi connectivity index (χ3n) is 2.90. The number of amides is 1. The zero-order chi connectivity index (χ0) is 13.4. The molecule has 0 aromatic rings. The molecule has 1 atom stereocenters. The minimum Gasteiger partial charge on any atom is -0.432 e. The number of ether oxygens (including phenoxy) is 1. The van der Waals surface area contributed by atoms with Gasteiger partial charge in [0.25, 0.3) is 0 Å². The van der Waals surface area contributed by atoms with E-state index >= 15 is 0 Å². The van der Waals surface area contributed by atoms with Crippen molar-refractivity contribution in [1.82, 2.24) is 5.32 Å². The monoisotopic (exact) mass is 251 g/mol.